The van der Waals surface area contributed by atoms with Crippen molar-refractivity contribution in [1.29, 1.82) is 5.26 Å². The van der Waals surface area contributed by atoms with Crippen LogP contribution in [0, 0.1) is 11.3 Å². The first-order valence-electron chi connectivity index (χ1n) is 11.6. The zero-order valence-corrected chi connectivity index (χ0v) is 20.5. The fraction of sp³-hybridized carbons (Fsp3) is 0.103. The lowest BCUT2D eigenvalue weighted by molar-refractivity contribution is -0.139. The van der Waals surface area contributed by atoms with Crippen LogP contribution in [0.1, 0.15) is 11.5 Å². The van der Waals surface area contributed by atoms with Gasteiger partial charge in [0.15, 0.2) is 5.58 Å². The number of ether oxygens (including phenoxy) is 2. The fourth-order valence-electron chi connectivity index (χ4n) is 4.54. The van der Waals surface area contributed by atoms with Crippen LogP contribution in [0.25, 0.3) is 22.6 Å². The van der Waals surface area contributed by atoms with Crippen LogP contribution in [0.4, 0.5) is 5.69 Å². The van der Waals surface area contributed by atoms with Gasteiger partial charge in [-0.2, -0.15) is 5.26 Å². The molecule has 0 bridgehead atoms. The molecule has 5 rings (SSSR count). The van der Waals surface area contributed by atoms with Crippen LogP contribution < -0.4 is 10.6 Å². The van der Waals surface area contributed by atoms with E-state index in [0.29, 0.717) is 28.2 Å². The second-order valence-corrected chi connectivity index (χ2v) is 8.37. The predicted octanol–water partition coefficient (Wildman–Crippen LogP) is 4.39. The molecule has 4 aromatic rings. The summed E-state index contributed by atoms with van der Waals surface area (Å²) >= 11 is 0. The van der Waals surface area contributed by atoms with E-state index in [1.807, 2.05) is 30.3 Å². The van der Waals surface area contributed by atoms with Gasteiger partial charge in [-0.3, -0.25) is 4.90 Å². The number of methoxy groups -OCH3 is 2. The average Bonchev–Trinajstić information content (AvgIpc) is 3.40. The van der Waals surface area contributed by atoms with E-state index in [0.717, 1.165) is 5.56 Å². The normalized spacial score (nSPS) is 15.4. The second kappa shape index (κ2) is 9.95. The van der Waals surface area contributed by atoms with Crippen molar-refractivity contribution < 1.29 is 23.5 Å². The molecule has 38 heavy (non-hydrogen) atoms. The molecule has 0 aliphatic carbocycles. The monoisotopic (exact) mass is 506 g/mol. The molecule has 2 N–H and O–H groups in total. The summed E-state index contributed by atoms with van der Waals surface area (Å²) in [6, 6.07) is 25.4. The number of hydrogen-bond donors (Lipinski definition) is 1. The SMILES string of the molecule is COC(=O)C1=C(C(=O)OC)N(c2ccc3oc(-c4ccccc4)nc3c2)C(N)=C(C#N)C1c1ccccc1. The lowest BCUT2D eigenvalue weighted by atomic mass is 9.81. The molecule has 1 aromatic heterocycles. The van der Waals surface area contributed by atoms with Crippen LogP contribution in [0.5, 0.6) is 0 Å². The minimum Gasteiger partial charge on any atom is -0.466 e. The average molecular weight is 507 g/mol. The van der Waals surface area contributed by atoms with Gasteiger partial charge >= 0.3 is 11.9 Å². The topological polar surface area (TPSA) is 132 Å². The van der Waals surface area contributed by atoms with Gasteiger partial charge in [0, 0.05) is 5.56 Å². The van der Waals surface area contributed by atoms with Gasteiger partial charge < -0.3 is 19.6 Å². The van der Waals surface area contributed by atoms with Gasteiger partial charge in [0.1, 0.15) is 17.0 Å². The van der Waals surface area contributed by atoms with E-state index in [1.54, 1.807) is 48.5 Å². The lowest BCUT2D eigenvalue weighted by Gasteiger charge is -2.35. The smallest absolute Gasteiger partial charge is 0.355 e. The number of aromatic nitrogens is 1. The number of fused-ring (bicyclic) bond motifs is 1. The number of carbonyl (C=O) groups excluding carboxylic acids is 2. The Morgan fingerprint density at radius 3 is 2.26 bits per heavy atom. The molecule has 1 aliphatic rings. The predicted molar refractivity (Wildman–Crippen MR) is 139 cm³/mol. The van der Waals surface area contributed by atoms with E-state index in [9.17, 15) is 14.9 Å². The quantitative estimate of drug-likeness (QED) is 0.391. The number of carbonyl (C=O) groups is 2. The molecule has 188 valence electrons. The molecule has 1 aliphatic heterocycles. The summed E-state index contributed by atoms with van der Waals surface area (Å²) < 4.78 is 16.1. The third kappa shape index (κ3) is 4.04. The number of allylic oxidation sites excluding steroid dienone is 1. The van der Waals surface area contributed by atoms with Crippen LogP contribution >= 0.6 is 0 Å². The lowest BCUT2D eigenvalue weighted by Crippen LogP contribution is -2.40. The van der Waals surface area contributed by atoms with E-state index in [-0.39, 0.29) is 22.7 Å². The maximum Gasteiger partial charge on any atom is 0.355 e. The van der Waals surface area contributed by atoms with Crippen molar-refractivity contribution >= 4 is 28.7 Å². The number of benzene rings is 3. The highest BCUT2D eigenvalue weighted by molar-refractivity contribution is 6.06. The molecule has 3 aromatic carbocycles. The van der Waals surface area contributed by atoms with Gasteiger partial charge in [-0.1, -0.05) is 48.5 Å². The first kappa shape index (κ1) is 24.3. The van der Waals surface area contributed by atoms with E-state index < -0.39 is 17.9 Å². The van der Waals surface area contributed by atoms with Gasteiger partial charge in [0.05, 0.1) is 43.0 Å². The molecule has 9 heteroatoms. The standard InChI is InChI=1S/C29H22N4O5/c1-36-28(34)24-23(17-9-5-3-6-10-17)20(16-30)26(31)33(25(24)29(35)37-2)19-13-14-22-21(15-19)32-27(38-22)18-11-7-4-8-12-18/h3-15,23H,31H2,1-2H3. The van der Waals surface area contributed by atoms with Crippen molar-refractivity contribution in [2.45, 2.75) is 5.92 Å². The third-order valence-electron chi connectivity index (χ3n) is 6.26. The highest BCUT2D eigenvalue weighted by Crippen LogP contribution is 2.43. The zero-order chi connectivity index (χ0) is 26.8. The Bertz CT molecular complexity index is 1650. The highest BCUT2D eigenvalue weighted by atomic mass is 16.5. The second-order valence-electron chi connectivity index (χ2n) is 8.37. The summed E-state index contributed by atoms with van der Waals surface area (Å²) in [4.78, 5) is 32.3. The summed E-state index contributed by atoms with van der Waals surface area (Å²) in [5, 5.41) is 10.2. The van der Waals surface area contributed by atoms with Gasteiger partial charge in [-0.05, 0) is 35.9 Å². The summed E-state index contributed by atoms with van der Waals surface area (Å²) in [5.41, 5.74) is 9.18. The Kier molecular flexibility index (Phi) is 6.37. The molecule has 2 heterocycles. The Morgan fingerprint density at radius 2 is 1.63 bits per heavy atom. The van der Waals surface area contributed by atoms with E-state index in [1.165, 1.54) is 19.1 Å². The Labute approximate surface area is 218 Å². The van der Waals surface area contributed by atoms with Gasteiger partial charge in [-0.15, -0.1) is 0 Å². The summed E-state index contributed by atoms with van der Waals surface area (Å²) in [7, 11) is 2.41. The van der Waals surface area contributed by atoms with Crippen LogP contribution in [0.3, 0.4) is 0 Å². The van der Waals surface area contributed by atoms with Crippen LogP contribution in [-0.4, -0.2) is 31.1 Å². The van der Waals surface area contributed by atoms with Crippen molar-refractivity contribution in [3.63, 3.8) is 0 Å². The van der Waals surface area contributed by atoms with Crippen molar-refractivity contribution in [2.75, 3.05) is 19.1 Å². The number of nitrogens with zero attached hydrogens (tertiary/aromatic N) is 3. The Balaban J connectivity index is 1.75. The number of esters is 2. The number of nitriles is 1. The number of rotatable bonds is 5. The van der Waals surface area contributed by atoms with Gasteiger partial charge in [0.25, 0.3) is 0 Å². The van der Waals surface area contributed by atoms with E-state index >= 15 is 0 Å². The molecule has 9 nitrogen and oxygen atoms in total. The number of oxazole rings is 1. The maximum absolute atomic E-state index is 13.2. The maximum atomic E-state index is 13.2. The Morgan fingerprint density at radius 1 is 0.974 bits per heavy atom. The number of hydrogen-bond acceptors (Lipinski definition) is 9. The summed E-state index contributed by atoms with van der Waals surface area (Å²) in [6.07, 6.45) is 0. The summed E-state index contributed by atoms with van der Waals surface area (Å²) in [6.45, 7) is 0. The number of anilines is 1. The van der Waals surface area contributed by atoms with Gasteiger partial charge in [-0.25, -0.2) is 14.6 Å². The van der Waals surface area contributed by atoms with Crippen LogP contribution in [0.2, 0.25) is 0 Å². The minimum absolute atomic E-state index is 0.0273. The minimum atomic E-state index is -0.945. The van der Waals surface area contributed by atoms with Crippen molar-refractivity contribution in [3.8, 4) is 17.5 Å². The van der Waals surface area contributed by atoms with E-state index in [2.05, 4.69) is 11.1 Å². The van der Waals surface area contributed by atoms with Crippen LogP contribution in [0.15, 0.2) is 106 Å². The highest BCUT2D eigenvalue weighted by Gasteiger charge is 2.43. The molecular weight excluding hydrogens is 484 g/mol. The molecular formula is C29H22N4O5. The first-order valence-corrected chi connectivity index (χ1v) is 11.6. The largest absolute Gasteiger partial charge is 0.466 e. The van der Waals surface area contributed by atoms with Crippen molar-refractivity contribution in [2.24, 2.45) is 5.73 Å². The molecule has 0 radical (unpaired) electrons. The molecule has 1 unspecified atom stereocenters. The van der Waals surface area contributed by atoms with Gasteiger partial charge in [0.2, 0.25) is 5.89 Å². The molecule has 0 saturated carbocycles. The van der Waals surface area contributed by atoms with Crippen molar-refractivity contribution in [1.82, 2.24) is 4.98 Å². The van der Waals surface area contributed by atoms with Crippen LogP contribution in [-0.2, 0) is 19.1 Å². The Hall–Kier alpha value is -5.36. The van der Waals surface area contributed by atoms with Crippen molar-refractivity contribution in [3.05, 3.63) is 107 Å². The molecule has 0 saturated heterocycles. The third-order valence-corrected chi connectivity index (χ3v) is 6.26. The first-order chi connectivity index (χ1) is 18.5. The van der Waals surface area contributed by atoms with E-state index in [4.69, 9.17) is 19.6 Å². The number of nitrogens with two attached hydrogens (primary N) is 1. The molecule has 0 spiro atoms. The molecule has 0 fully saturated rings. The summed E-state index contributed by atoms with van der Waals surface area (Å²) in [5.74, 6) is -2.17. The zero-order valence-electron chi connectivity index (χ0n) is 20.5. The molecule has 0 amide bonds. The molecule has 1 atom stereocenters. The fourth-order valence-corrected chi connectivity index (χ4v) is 4.54.